The third kappa shape index (κ3) is 4.94. The van der Waals surface area contributed by atoms with Crippen LogP contribution in [-0.4, -0.2) is 0 Å². The largest absolute Gasteiger partial charge is 0.489 e. The van der Waals surface area contributed by atoms with Crippen molar-refractivity contribution < 1.29 is 4.74 Å². The van der Waals surface area contributed by atoms with Crippen LogP contribution in [0.2, 0.25) is 0 Å². The number of hydrogen-bond donors (Lipinski definition) is 1. The molecule has 25 heavy (non-hydrogen) atoms. The lowest BCUT2D eigenvalue weighted by Crippen LogP contribution is -2.35. The summed E-state index contributed by atoms with van der Waals surface area (Å²) in [4.78, 5) is 0. The first-order valence-electron chi connectivity index (χ1n) is 8.70. The fourth-order valence-electron chi connectivity index (χ4n) is 2.74. The van der Waals surface area contributed by atoms with Gasteiger partial charge in [-0.3, -0.25) is 0 Å². The van der Waals surface area contributed by atoms with Crippen LogP contribution in [0.3, 0.4) is 0 Å². The normalized spacial score (nSPS) is 11.3. The zero-order chi connectivity index (χ0) is 17.5. The maximum absolute atomic E-state index is 5.96. The van der Waals surface area contributed by atoms with Crippen molar-refractivity contribution in [3.8, 4) is 5.75 Å². The Balaban J connectivity index is 1.65. The molecular weight excluding hydrogens is 306 g/mol. The zero-order valence-electron chi connectivity index (χ0n) is 14.9. The summed E-state index contributed by atoms with van der Waals surface area (Å²) in [5.41, 5.74) is 3.54. The molecule has 128 valence electrons. The Morgan fingerprint density at radius 1 is 0.760 bits per heavy atom. The van der Waals surface area contributed by atoms with Crippen molar-refractivity contribution in [1.82, 2.24) is 5.32 Å². The SMILES string of the molecule is CC(C)(NCc1ccccc1)c1cccc(OCc2ccccc2)c1. The Hall–Kier alpha value is -2.58. The van der Waals surface area contributed by atoms with Crippen LogP contribution < -0.4 is 10.1 Å². The third-order valence-electron chi connectivity index (χ3n) is 4.38. The summed E-state index contributed by atoms with van der Waals surface area (Å²) >= 11 is 0. The molecule has 0 aliphatic carbocycles. The smallest absolute Gasteiger partial charge is 0.120 e. The van der Waals surface area contributed by atoms with Crippen LogP contribution in [0, 0.1) is 0 Å². The highest BCUT2D eigenvalue weighted by Crippen LogP contribution is 2.25. The van der Waals surface area contributed by atoms with Crippen LogP contribution >= 0.6 is 0 Å². The van der Waals surface area contributed by atoms with Crippen molar-refractivity contribution in [2.75, 3.05) is 0 Å². The van der Waals surface area contributed by atoms with Gasteiger partial charge in [0.15, 0.2) is 0 Å². The monoisotopic (exact) mass is 331 g/mol. The van der Waals surface area contributed by atoms with Crippen molar-refractivity contribution in [3.05, 3.63) is 102 Å². The first-order chi connectivity index (χ1) is 12.1. The van der Waals surface area contributed by atoms with Crippen LogP contribution in [0.1, 0.15) is 30.5 Å². The van der Waals surface area contributed by atoms with E-state index in [4.69, 9.17) is 4.74 Å². The molecule has 2 heteroatoms. The van der Waals surface area contributed by atoms with Gasteiger partial charge in [-0.05, 0) is 42.7 Å². The summed E-state index contributed by atoms with van der Waals surface area (Å²) in [6, 6.07) is 29.1. The van der Waals surface area contributed by atoms with Gasteiger partial charge in [0.2, 0.25) is 0 Å². The van der Waals surface area contributed by atoms with Gasteiger partial charge in [0.1, 0.15) is 12.4 Å². The Labute approximate surface area is 150 Å². The molecule has 0 unspecified atom stereocenters. The molecule has 0 fully saturated rings. The van der Waals surface area contributed by atoms with Crippen LogP contribution in [0.5, 0.6) is 5.75 Å². The molecule has 2 nitrogen and oxygen atoms in total. The van der Waals surface area contributed by atoms with Gasteiger partial charge in [-0.1, -0.05) is 72.8 Å². The van der Waals surface area contributed by atoms with Crippen molar-refractivity contribution in [1.29, 1.82) is 0 Å². The minimum atomic E-state index is -0.137. The second-order valence-corrected chi connectivity index (χ2v) is 6.77. The van der Waals surface area contributed by atoms with Crippen molar-refractivity contribution in [2.45, 2.75) is 32.5 Å². The molecule has 0 aliphatic rings. The van der Waals surface area contributed by atoms with E-state index in [1.165, 1.54) is 16.7 Å². The molecule has 0 amide bonds. The van der Waals surface area contributed by atoms with Gasteiger partial charge in [0.05, 0.1) is 0 Å². The lowest BCUT2D eigenvalue weighted by atomic mass is 9.93. The number of rotatable bonds is 7. The Bertz CT molecular complexity index is 781. The van der Waals surface area contributed by atoms with Gasteiger partial charge in [0.25, 0.3) is 0 Å². The molecule has 3 aromatic rings. The molecule has 0 saturated heterocycles. The van der Waals surface area contributed by atoms with E-state index in [9.17, 15) is 0 Å². The zero-order valence-corrected chi connectivity index (χ0v) is 14.9. The van der Waals surface area contributed by atoms with E-state index in [-0.39, 0.29) is 5.54 Å². The Morgan fingerprint density at radius 2 is 1.40 bits per heavy atom. The van der Waals surface area contributed by atoms with Gasteiger partial charge >= 0.3 is 0 Å². The van der Waals surface area contributed by atoms with E-state index in [1.54, 1.807) is 0 Å². The molecule has 0 heterocycles. The summed E-state index contributed by atoms with van der Waals surface area (Å²) in [6.45, 7) is 5.82. The van der Waals surface area contributed by atoms with Crippen molar-refractivity contribution >= 4 is 0 Å². The van der Waals surface area contributed by atoms with E-state index < -0.39 is 0 Å². The minimum absolute atomic E-state index is 0.137. The molecule has 3 aromatic carbocycles. The molecule has 0 atom stereocenters. The fraction of sp³-hybridized carbons (Fsp3) is 0.217. The van der Waals surface area contributed by atoms with E-state index in [0.29, 0.717) is 6.61 Å². The molecule has 0 aromatic heterocycles. The van der Waals surface area contributed by atoms with Crippen LogP contribution in [0.4, 0.5) is 0 Å². The van der Waals surface area contributed by atoms with E-state index in [1.807, 2.05) is 30.3 Å². The van der Waals surface area contributed by atoms with Gasteiger partial charge in [0, 0.05) is 12.1 Å². The van der Waals surface area contributed by atoms with Gasteiger partial charge < -0.3 is 10.1 Å². The molecule has 0 spiro atoms. The quantitative estimate of drug-likeness (QED) is 0.635. The molecule has 0 saturated carbocycles. The standard InChI is InChI=1S/C23H25NO/c1-23(2,24-17-19-10-5-3-6-11-19)21-14-9-15-22(16-21)25-18-20-12-7-4-8-13-20/h3-16,24H,17-18H2,1-2H3. The lowest BCUT2D eigenvalue weighted by molar-refractivity contribution is 0.304. The first kappa shape index (κ1) is 17.2. The predicted molar refractivity (Wildman–Crippen MR) is 104 cm³/mol. The summed E-state index contributed by atoms with van der Waals surface area (Å²) < 4.78 is 5.96. The highest BCUT2D eigenvalue weighted by molar-refractivity contribution is 5.33. The minimum Gasteiger partial charge on any atom is -0.489 e. The molecule has 0 aliphatic heterocycles. The highest BCUT2D eigenvalue weighted by Gasteiger charge is 2.20. The van der Waals surface area contributed by atoms with Crippen molar-refractivity contribution in [3.63, 3.8) is 0 Å². The number of nitrogens with one attached hydrogen (secondary N) is 1. The second kappa shape index (κ2) is 8.00. The molecular formula is C23H25NO. The van der Waals surface area contributed by atoms with Crippen LogP contribution in [0.25, 0.3) is 0 Å². The van der Waals surface area contributed by atoms with E-state index >= 15 is 0 Å². The number of ether oxygens (including phenoxy) is 1. The van der Waals surface area contributed by atoms with Crippen LogP contribution in [0.15, 0.2) is 84.9 Å². The fourth-order valence-corrected chi connectivity index (χ4v) is 2.74. The van der Waals surface area contributed by atoms with E-state index in [0.717, 1.165) is 12.3 Å². The molecule has 0 bridgehead atoms. The summed E-state index contributed by atoms with van der Waals surface area (Å²) in [5.74, 6) is 0.899. The van der Waals surface area contributed by atoms with Crippen LogP contribution in [-0.2, 0) is 18.7 Å². The highest BCUT2D eigenvalue weighted by atomic mass is 16.5. The third-order valence-corrected chi connectivity index (χ3v) is 4.38. The second-order valence-electron chi connectivity index (χ2n) is 6.77. The Morgan fingerprint density at radius 3 is 2.08 bits per heavy atom. The summed E-state index contributed by atoms with van der Waals surface area (Å²) in [7, 11) is 0. The summed E-state index contributed by atoms with van der Waals surface area (Å²) in [6.07, 6.45) is 0. The summed E-state index contributed by atoms with van der Waals surface area (Å²) in [5, 5.41) is 3.64. The number of hydrogen-bond acceptors (Lipinski definition) is 2. The average molecular weight is 331 g/mol. The van der Waals surface area contributed by atoms with Gasteiger partial charge in [-0.2, -0.15) is 0 Å². The molecule has 0 radical (unpaired) electrons. The molecule has 3 rings (SSSR count). The van der Waals surface area contributed by atoms with E-state index in [2.05, 4.69) is 73.8 Å². The Kier molecular flexibility index (Phi) is 5.52. The number of benzene rings is 3. The maximum atomic E-state index is 5.96. The van der Waals surface area contributed by atoms with Crippen molar-refractivity contribution in [2.24, 2.45) is 0 Å². The van der Waals surface area contributed by atoms with Gasteiger partial charge in [-0.15, -0.1) is 0 Å². The first-order valence-corrected chi connectivity index (χ1v) is 8.70. The van der Waals surface area contributed by atoms with Gasteiger partial charge in [-0.25, -0.2) is 0 Å². The lowest BCUT2D eigenvalue weighted by Gasteiger charge is -2.27. The predicted octanol–water partition coefficient (Wildman–Crippen LogP) is 5.29. The molecule has 1 N–H and O–H groups in total. The average Bonchev–Trinajstić information content (AvgIpc) is 2.67. The maximum Gasteiger partial charge on any atom is 0.120 e. The topological polar surface area (TPSA) is 21.3 Å².